The van der Waals surface area contributed by atoms with Crippen molar-refractivity contribution in [1.29, 1.82) is 0 Å². The second-order valence-corrected chi connectivity index (χ2v) is 4.70. The molecule has 0 atom stereocenters. The number of nitrogens with one attached hydrogen (secondary N) is 1. The van der Waals surface area contributed by atoms with Crippen LogP contribution in [-0.2, 0) is 22.6 Å². The monoisotopic (exact) mass is 293 g/mol. The van der Waals surface area contributed by atoms with Gasteiger partial charge in [-0.05, 0) is 24.5 Å². The van der Waals surface area contributed by atoms with E-state index in [2.05, 4.69) is 23.3 Å². The van der Waals surface area contributed by atoms with Gasteiger partial charge in [0.15, 0.2) is 5.96 Å². The van der Waals surface area contributed by atoms with E-state index in [-0.39, 0.29) is 0 Å². The third-order valence-corrected chi connectivity index (χ3v) is 2.82. The fourth-order valence-electron chi connectivity index (χ4n) is 1.76. The van der Waals surface area contributed by atoms with Gasteiger partial charge in [0.05, 0.1) is 26.4 Å². The van der Waals surface area contributed by atoms with E-state index >= 15 is 0 Å². The normalized spacial score (nSPS) is 11.6. The maximum Gasteiger partial charge on any atom is 0.188 e. The van der Waals surface area contributed by atoms with Crippen LogP contribution in [0.5, 0.6) is 0 Å². The number of rotatable bonds is 10. The standard InChI is InChI=1S/C16H27N3O2/c1-3-8-18-16(17)19-12-14-6-5-7-15(11-14)13-21-10-9-20-4-2/h5-7,11H,3-4,8-10,12-13H2,1-2H3,(H3,17,18,19). The SMILES string of the molecule is CCCNC(N)=NCc1cccc(COCCOCC)c1. The molecule has 0 fully saturated rings. The van der Waals surface area contributed by atoms with Crippen LogP contribution >= 0.6 is 0 Å². The molecule has 0 amide bonds. The molecular weight excluding hydrogens is 266 g/mol. The summed E-state index contributed by atoms with van der Waals surface area (Å²) in [5.41, 5.74) is 8.04. The Hall–Kier alpha value is -1.59. The van der Waals surface area contributed by atoms with Crippen molar-refractivity contribution in [2.45, 2.75) is 33.4 Å². The lowest BCUT2D eigenvalue weighted by molar-refractivity contribution is 0.0453. The lowest BCUT2D eigenvalue weighted by Gasteiger charge is -2.07. The highest BCUT2D eigenvalue weighted by atomic mass is 16.5. The molecule has 118 valence electrons. The zero-order valence-corrected chi connectivity index (χ0v) is 13.1. The molecule has 1 rings (SSSR count). The number of aliphatic imine (C=N–C) groups is 1. The third kappa shape index (κ3) is 8.32. The lowest BCUT2D eigenvalue weighted by atomic mass is 10.1. The summed E-state index contributed by atoms with van der Waals surface area (Å²) in [6.07, 6.45) is 1.03. The second kappa shape index (κ2) is 11.1. The molecular formula is C16H27N3O2. The number of ether oxygens (including phenoxy) is 2. The topological polar surface area (TPSA) is 68.9 Å². The van der Waals surface area contributed by atoms with E-state index in [0.717, 1.165) is 30.7 Å². The van der Waals surface area contributed by atoms with Crippen LogP contribution in [0.2, 0.25) is 0 Å². The van der Waals surface area contributed by atoms with E-state index in [4.69, 9.17) is 15.2 Å². The van der Waals surface area contributed by atoms with Gasteiger partial charge in [-0.2, -0.15) is 0 Å². The van der Waals surface area contributed by atoms with Gasteiger partial charge in [-0.15, -0.1) is 0 Å². The van der Waals surface area contributed by atoms with E-state index in [9.17, 15) is 0 Å². The molecule has 0 radical (unpaired) electrons. The molecule has 3 N–H and O–H groups in total. The number of nitrogens with two attached hydrogens (primary N) is 1. The summed E-state index contributed by atoms with van der Waals surface area (Å²) in [7, 11) is 0. The first-order valence-electron chi connectivity index (χ1n) is 7.53. The first-order chi connectivity index (χ1) is 10.3. The molecule has 1 aromatic rings. The van der Waals surface area contributed by atoms with Crippen molar-refractivity contribution in [3.05, 3.63) is 35.4 Å². The smallest absolute Gasteiger partial charge is 0.188 e. The Kier molecular flexibility index (Phi) is 9.24. The Labute approximate surface area is 127 Å². The van der Waals surface area contributed by atoms with Crippen molar-refractivity contribution in [2.24, 2.45) is 10.7 Å². The molecule has 0 heterocycles. The van der Waals surface area contributed by atoms with E-state index in [0.29, 0.717) is 32.3 Å². The summed E-state index contributed by atoms with van der Waals surface area (Å²) < 4.78 is 10.8. The van der Waals surface area contributed by atoms with Crippen LogP contribution in [0, 0.1) is 0 Å². The molecule has 0 saturated carbocycles. The van der Waals surface area contributed by atoms with Crippen LogP contribution in [0.3, 0.4) is 0 Å². The Morgan fingerprint density at radius 1 is 1.19 bits per heavy atom. The molecule has 0 spiro atoms. The maximum absolute atomic E-state index is 5.77. The van der Waals surface area contributed by atoms with Gasteiger partial charge in [-0.1, -0.05) is 31.2 Å². The fourth-order valence-corrected chi connectivity index (χ4v) is 1.76. The van der Waals surface area contributed by atoms with Gasteiger partial charge in [0.2, 0.25) is 0 Å². The number of guanidine groups is 1. The van der Waals surface area contributed by atoms with Gasteiger partial charge in [-0.25, -0.2) is 4.99 Å². The Balaban J connectivity index is 2.37. The van der Waals surface area contributed by atoms with E-state index < -0.39 is 0 Å². The van der Waals surface area contributed by atoms with Gasteiger partial charge in [-0.3, -0.25) is 0 Å². The number of hydrogen-bond acceptors (Lipinski definition) is 3. The summed E-state index contributed by atoms with van der Waals surface area (Å²) in [4.78, 5) is 4.32. The molecule has 0 aromatic heterocycles. The molecule has 0 aliphatic carbocycles. The van der Waals surface area contributed by atoms with Gasteiger partial charge in [0, 0.05) is 13.2 Å². The van der Waals surface area contributed by atoms with Gasteiger partial charge < -0.3 is 20.5 Å². The minimum absolute atomic E-state index is 0.496. The highest BCUT2D eigenvalue weighted by Gasteiger charge is 1.97. The first kappa shape index (κ1) is 17.5. The largest absolute Gasteiger partial charge is 0.379 e. The average molecular weight is 293 g/mol. The van der Waals surface area contributed by atoms with Crippen molar-refractivity contribution >= 4 is 5.96 Å². The Morgan fingerprint density at radius 3 is 2.71 bits per heavy atom. The molecule has 0 aliphatic rings. The van der Waals surface area contributed by atoms with E-state index in [1.54, 1.807) is 0 Å². The zero-order chi connectivity index (χ0) is 15.3. The number of nitrogens with zero attached hydrogens (tertiary/aromatic N) is 1. The molecule has 0 aliphatic heterocycles. The van der Waals surface area contributed by atoms with Crippen LogP contribution in [0.25, 0.3) is 0 Å². The van der Waals surface area contributed by atoms with E-state index in [1.165, 1.54) is 0 Å². The minimum Gasteiger partial charge on any atom is -0.379 e. The summed E-state index contributed by atoms with van der Waals surface area (Å²) in [6, 6.07) is 8.20. The van der Waals surface area contributed by atoms with Crippen molar-refractivity contribution in [1.82, 2.24) is 5.32 Å². The molecule has 0 bridgehead atoms. The van der Waals surface area contributed by atoms with Gasteiger partial charge in [0.25, 0.3) is 0 Å². The molecule has 21 heavy (non-hydrogen) atoms. The van der Waals surface area contributed by atoms with Crippen molar-refractivity contribution < 1.29 is 9.47 Å². The third-order valence-electron chi connectivity index (χ3n) is 2.82. The first-order valence-corrected chi connectivity index (χ1v) is 7.53. The summed E-state index contributed by atoms with van der Waals surface area (Å²) in [5.74, 6) is 0.496. The quantitative estimate of drug-likeness (QED) is 0.393. The summed E-state index contributed by atoms with van der Waals surface area (Å²) in [5, 5.41) is 3.06. The van der Waals surface area contributed by atoms with Crippen LogP contribution < -0.4 is 11.1 Å². The van der Waals surface area contributed by atoms with Crippen LogP contribution in [0.4, 0.5) is 0 Å². The van der Waals surface area contributed by atoms with Crippen LogP contribution in [-0.4, -0.2) is 32.3 Å². The predicted molar refractivity (Wildman–Crippen MR) is 86.2 cm³/mol. The molecule has 5 heteroatoms. The van der Waals surface area contributed by atoms with E-state index in [1.807, 2.05) is 25.1 Å². The summed E-state index contributed by atoms with van der Waals surface area (Å²) >= 11 is 0. The number of benzene rings is 1. The van der Waals surface area contributed by atoms with Crippen LogP contribution in [0.1, 0.15) is 31.4 Å². The van der Waals surface area contributed by atoms with Crippen molar-refractivity contribution in [3.8, 4) is 0 Å². The van der Waals surface area contributed by atoms with Crippen molar-refractivity contribution in [2.75, 3.05) is 26.4 Å². The van der Waals surface area contributed by atoms with Crippen LogP contribution in [0.15, 0.2) is 29.3 Å². The Bertz CT molecular complexity index is 422. The highest BCUT2D eigenvalue weighted by molar-refractivity contribution is 5.77. The molecule has 0 saturated heterocycles. The molecule has 1 aromatic carbocycles. The molecule has 0 unspecified atom stereocenters. The van der Waals surface area contributed by atoms with Gasteiger partial charge in [0.1, 0.15) is 0 Å². The lowest BCUT2D eigenvalue weighted by Crippen LogP contribution is -2.32. The highest BCUT2D eigenvalue weighted by Crippen LogP contribution is 2.08. The average Bonchev–Trinajstić information content (AvgIpc) is 2.51. The zero-order valence-electron chi connectivity index (χ0n) is 13.1. The molecule has 5 nitrogen and oxygen atoms in total. The van der Waals surface area contributed by atoms with Crippen molar-refractivity contribution in [3.63, 3.8) is 0 Å². The second-order valence-electron chi connectivity index (χ2n) is 4.70. The maximum atomic E-state index is 5.77. The predicted octanol–water partition coefficient (Wildman–Crippen LogP) is 2.05. The fraction of sp³-hybridized carbons (Fsp3) is 0.562. The minimum atomic E-state index is 0.496. The Morgan fingerprint density at radius 2 is 1.95 bits per heavy atom. The number of hydrogen-bond donors (Lipinski definition) is 2. The summed E-state index contributed by atoms with van der Waals surface area (Å²) in [6.45, 7) is 8.07. The van der Waals surface area contributed by atoms with Gasteiger partial charge >= 0.3 is 0 Å².